The average Bonchev–Trinajstić information content (AvgIpc) is 2.36. The van der Waals surface area contributed by atoms with Gasteiger partial charge in [-0.1, -0.05) is 31.5 Å². The van der Waals surface area contributed by atoms with Gasteiger partial charge in [0.1, 0.15) is 6.04 Å². The van der Waals surface area contributed by atoms with Crippen LogP contribution in [0.15, 0.2) is 12.1 Å². The van der Waals surface area contributed by atoms with E-state index in [-0.39, 0.29) is 0 Å². The van der Waals surface area contributed by atoms with Gasteiger partial charge in [-0.05, 0) is 56.0 Å². The first kappa shape index (κ1) is 17.0. The summed E-state index contributed by atoms with van der Waals surface area (Å²) in [5, 5.41) is 10.1. The Labute approximate surface area is 126 Å². The summed E-state index contributed by atoms with van der Waals surface area (Å²) in [6, 6.07) is 3.59. The van der Waals surface area contributed by atoms with E-state index >= 15 is 0 Å². The second kappa shape index (κ2) is 7.65. The Morgan fingerprint density at radius 3 is 2.45 bits per heavy atom. The molecule has 1 N–H and O–H groups in total. The van der Waals surface area contributed by atoms with E-state index in [9.17, 15) is 9.90 Å². The van der Waals surface area contributed by atoms with E-state index in [2.05, 4.69) is 13.0 Å². The highest BCUT2D eigenvalue weighted by Gasteiger charge is 2.23. The maximum absolute atomic E-state index is 11.4. The van der Waals surface area contributed by atoms with E-state index in [0.717, 1.165) is 34.7 Å². The van der Waals surface area contributed by atoms with Gasteiger partial charge in [0.05, 0.1) is 0 Å². The molecule has 0 fully saturated rings. The van der Waals surface area contributed by atoms with Crippen LogP contribution in [0.3, 0.4) is 0 Å². The zero-order chi connectivity index (χ0) is 15.3. The van der Waals surface area contributed by atoms with Crippen LogP contribution in [0.1, 0.15) is 43.4 Å². The Bertz CT molecular complexity index is 474. The fourth-order valence-corrected chi connectivity index (χ4v) is 2.66. The lowest BCUT2D eigenvalue weighted by molar-refractivity contribution is -0.143. The highest BCUT2D eigenvalue weighted by molar-refractivity contribution is 6.31. The predicted molar refractivity (Wildman–Crippen MR) is 83.3 cm³/mol. The molecule has 0 saturated carbocycles. The minimum atomic E-state index is -0.753. The molecule has 3 nitrogen and oxygen atoms in total. The molecule has 4 heteroatoms. The molecule has 0 aromatic heterocycles. The van der Waals surface area contributed by atoms with Crippen LogP contribution >= 0.6 is 11.6 Å². The molecule has 0 aliphatic heterocycles. The summed E-state index contributed by atoms with van der Waals surface area (Å²) < 4.78 is 0. The molecule has 0 unspecified atom stereocenters. The van der Waals surface area contributed by atoms with Gasteiger partial charge in [-0.15, -0.1) is 0 Å². The number of aryl methyl sites for hydroxylation is 2. The number of carbonyl (C=O) groups is 1. The number of aliphatic carboxylic acids is 1. The van der Waals surface area contributed by atoms with Gasteiger partial charge >= 0.3 is 5.97 Å². The molecular formula is C16H24ClNO2. The molecule has 0 saturated heterocycles. The van der Waals surface area contributed by atoms with Gasteiger partial charge < -0.3 is 5.11 Å². The van der Waals surface area contributed by atoms with Crippen molar-refractivity contribution >= 4 is 17.6 Å². The summed E-state index contributed by atoms with van der Waals surface area (Å²) in [4.78, 5) is 13.4. The van der Waals surface area contributed by atoms with Crippen LogP contribution in [-0.4, -0.2) is 28.6 Å². The van der Waals surface area contributed by atoms with E-state index in [0.29, 0.717) is 13.0 Å². The smallest absolute Gasteiger partial charge is 0.320 e. The highest BCUT2D eigenvalue weighted by Crippen LogP contribution is 2.23. The zero-order valence-electron chi connectivity index (χ0n) is 12.7. The van der Waals surface area contributed by atoms with Crippen molar-refractivity contribution in [3.63, 3.8) is 0 Å². The van der Waals surface area contributed by atoms with E-state index < -0.39 is 12.0 Å². The van der Waals surface area contributed by atoms with Crippen molar-refractivity contribution in [3.8, 4) is 0 Å². The molecule has 0 aliphatic rings. The van der Waals surface area contributed by atoms with Crippen LogP contribution in [0.25, 0.3) is 0 Å². The van der Waals surface area contributed by atoms with Gasteiger partial charge in [0, 0.05) is 11.6 Å². The van der Waals surface area contributed by atoms with Crippen molar-refractivity contribution in [2.45, 2.75) is 53.1 Å². The average molecular weight is 298 g/mol. The molecule has 1 aromatic rings. The van der Waals surface area contributed by atoms with Crippen LogP contribution in [0.5, 0.6) is 0 Å². The van der Waals surface area contributed by atoms with Crippen LogP contribution in [0.2, 0.25) is 5.02 Å². The third-order valence-corrected chi connectivity index (χ3v) is 4.02. The third kappa shape index (κ3) is 4.22. The molecule has 1 atom stereocenters. The first-order valence-corrected chi connectivity index (χ1v) is 7.50. The second-order valence-electron chi connectivity index (χ2n) is 5.26. The second-order valence-corrected chi connectivity index (χ2v) is 5.67. The number of carboxylic acids is 1. The van der Waals surface area contributed by atoms with Crippen molar-refractivity contribution in [2.75, 3.05) is 6.54 Å². The molecule has 0 bridgehead atoms. The van der Waals surface area contributed by atoms with E-state index in [1.165, 1.54) is 0 Å². The van der Waals surface area contributed by atoms with E-state index in [4.69, 9.17) is 11.6 Å². The van der Waals surface area contributed by atoms with Crippen LogP contribution < -0.4 is 0 Å². The number of carboxylic acid groups (broad SMARTS) is 1. The van der Waals surface area contributed by atoms with E-state index in [1.54, 1.807) is 0 Å². The first-order chi connectivity index (χ1) is 9.40. The minimum absolute atomic E-state index is 0.436. The summed E-state index contributed by atoms with van der Waals surface area (Å²) >= 11 is 6.19. The van der Waals surface area contributed by atoms with Gasteiger partial charge in [0.15, 0.2) is 0 Å². The van der Waals surface area contributed by atoms with Crippen LogP contribution in [0.4, 0.5) is 0 Å². The van der Waals surface area contributed by atoms with Crippen molar-refractivity contribution < 1.29 is 9.90 Å². The normalized spacial score (nSPS) is 12.7. The molecule has 112 valence electrons. The lowest BCUT2D eigenvalue weighted by atomic mass is 10.0. The lowest BCUT2D eigenvalue weighted by Gasteiger charge is -2.28. The minimum Gasteiger partial charge on any atom is -0.480 e. The molecular weight excluding hydrogens is 274 g/mol. The Kier molecular flexibility index (Phi) is 6.50. The molecule has 1 rings (SSSR count). The number of hydrogen-bond donors (Lipinski definition) is 1. The summed E-state index contributed by atoms with van der Waals surface area (Å²) in [6.07, 6.45) is 1.54. The van der Waals surface area contributed by atoms with Gasteiger partial charge in [-0.2, -0.15) is 0 Å². The van der Waals surface area contributed by atoms with Gasteiger partial charge in [-0.3, -0.25) is 9.69 Å². The Morgan fingerprint density at radius 2 is 1.95 bits per heavy atom. The highest BCUT2D eigenvalue weighted by atomic mass is 35.5. The van der Waals surface area contributed by atoms with Gasteiger partial charge in [-0.25, -0.2) is 0 Å². The number of benzene rings is 1. The predicted octanol–water partition coefficient (Wildman–Crippen LogP) is 4.03. The summed E-state index contributed by atoms with van der Waals surface area (Å²) in [7, 11) is 0. The zero-order valence-corrected chi connectivity index (χ0v) is 13.5. The van der Waals surface area contributed by atoms with Gasteiger partial charge in [0.25, 0.3) is 0 Å². The van der Waals surface area contributed by atoms with Crippen molar-refractivity contribution in [1.82, 2.24) is 4.90 Å². The third-order valence-electron chi connectivity index (χ3n) is 3.61. The first-order valence-electron chi connectivity index (χ1n) is 7.13. The maximum atomic E-state index is 11.4. The molecule has 1 aromatic carbocycles. The molecule has 20 heavy (non-hydrogen) atoms. The molecule has 0 aliphatic carbocycles. The number of nitrogens with zero attached hydrogens (tertiary/aromatic N) is 1. The Balaban J connectivity index is 3.01. The van der Waals surface area contributed by atoms with Crippen molar-refractivity contribution in [3.05, 3.63) is 33.8 Å². The molecule has 0 radical (unpaired) electrons. The quantitative estimate of drug-likeness (QED) is 0.826. The van der Waals surface area contributed by atoms with E-state index in [1.807, 2.05) is 31.7 Å². The number of hydrogen-bond acceptors (Lipinski definition) is 2. The topological polar surface area (TPSA) is 40.5 Å². The van der Waals surface area contributed by atoms with Gasteiger partial charge in [0.2, 0.25) is 0 Å². The monoisotopic (exact) mass is 297 g/mol. The summed E-state index contributed by atoms with van der Waals surface area (Å²) in [5.74, 6) is -0.753. The number of halogens is 1. The van der Waals surface area contributed by atoms with Crippen molar-refractivity contribution in [2.24, 2.45) is 0 Å². The Morgan fingerprint density at radius 1 is 1.30 bits per heavy atom. The summed E-state index contributed by atoms with van der Waals surface area (Å²) in [6.45, 7) is 9.41. The fourth-order valence-electron chi connectivity index (χ4n) is 2.48. The molecule has 0 spiro atoms. The standard InChI is InChI=1S/C16H24ClNO2/c1-5-7-18(15(6-2)16(19)20)10-13-9-14(17)12(4)8-11(13)3/h8-9,15H,5-7,10H2,1-4H3,(H,19,20)/t15-/m0/s1. The van der Waals surface area contributed by atoms with Crippen molar-refractivity contribution in [1.29, 1.82) is 0 Å². The summed E-state index contributed by atoms with van der Waals surface area (Å²) in [5.41, 5.74) is 3.32. The van der Waals surface area contributed by atoms with Crippen LogP contribution in [0, 0.1) is 13.8 Å². The number of rotatable bonds is 7. The lowest BCUT2D eigenvalue weighted by Crippen LogP contribution is -2.40. The SMILES string of the molecule is CCCN(Cc1cc(Cl)c(C)cc1C)[C@@H](CC)C(=O)O. The molecule has 0 heterocycles. The molecule has 0 amide bonds. The fraction of sp³-hybridized carbons (Fsp3) is 0.562. The largest absolute Gasteiger partial charge is 0.480 e. The Hall–Kier alpha value is -1.06. The van der Waals surface area contributed by atoms with Crippen LogP contribution in [-0.2, 0) is 11.3 Å². The maximum Gasteiger partial charge on any atom is 0.320 e.